The largest absolute Gasteiger partial charge is 0.486 e. The van der Waals surface area contributed by atoms with Crippen LogP contribution in [0.3, 0.4) is 0 Å². The van der Waals surface area contributed by atoms with Crippen molar-refractivity contribution in [1.82, 2.24) is 0 Å². The predicted octanol–water partition coefficient (Wildman–Crippen LogP) is 7.38. The fourth-order valence-electron chi connectivity index (χ4n) is 4.25. The highest BCUT2D eigenvalue weighted by Crippen LogP contribution is 2.40. The van der Waals surface area contributed by atoms with E-state index in [2.05, 4.69) is 4.74 Å². The van der Waals surface area contributed by atoms with Gasteiger partial charge in [0.15, 0.2) is 0 Å². The standard InChI is InChI=1S/C28H23ClF5NO5S/c1-39-26(36)13-10-19-16-35(41(37,38)20-5-2-4-18(15-20)28(32,33)34)24-14-17(9-12-25(24)40-19)8-11-21-22(27(30)31)6-3-7-23(21)29/h2-9,11-12,14-15,19,27H,10,13,16H2,1H3/b11-8+/t19-/m0/s1. The molecule has 4 rings (SSSR count). The molecule has 0 aromatic heterocycles. The minimum atomic E-state index is -4.77. The Balaban J connectivity index is 1.76. The van der Waals surface area contributed by atoms with Gasteiger partial charge in [0.1, 0.15) is 11.9 Å². The number of nitrogens with zero attached hydrogens (tertiary/aromatic N) is 1. The van der Waals surface area contributed by atoms with Crippen LogP contribution in [0.2, 0.25) is 5.02 Å². The summed E-state index contributed by atoms with van der Waals surface area (Å²) >= 11 is 6.12. The molecule has 6 nitrogen and oxygen atoms in total. The van der Waals surface area contributed by atoms with E-state index in [-0.39, 0.29) is 47.0 Å². The zero-order chi connectivity index (χ0) is 29.9. The lowest BCUT2D eigenvalue weighted by atomic mass is 10.0. The Morgan fingerprint density at radius 2 is 1.85 bits per heavy atom. The summed E-state index contributed by atoms with van der Waals surface area (Å²) in [5.74, 6) is -0.445. The second-order valence-electron chi connectivity index (χ2n) is 9.02. The van der Waals surface area contributed by atoms with Crippen molar-refractivity contribution in [3.63, 3.8) is 0 Å². The molecule has 1 aliphatic heterocycles. The molecule has 41 heavy (non-hydrogen) atoms. The molecule has 3 aromatic carbocycles. The Bertz CT molecular complexity index is 1580. The van der Waals surface area contributed by atoms with Crippen LogP contribution in [0.4, 0.5) is 27.6 Å². The molecule has 13 heteroatoms. The fourth-order valence-corrected chi connectivity index (χ4v) is 6.04. The number of esters is 1. The van der Waals surface area contributed by atoms with E-state index in [1.165, 1.54) is 49.6 Å². The third-order valence-corrected chi connectivity index (χ3v) is 8.43. The number of carbonyl (C=O) groups is 1. The Kier molecular flexibility index (Phi) is 8.93. The lowest BCUT2D eigenvalue weighted by Crippen LogP contribution is -2.43. The molecule has 0 saturated heterocycles. The Hall–Kier alpha value is -3.64. The third kappa shape index (κ3) is 6.82. The van der Waals surface area contributed by atoms with Crippen molar-refractivity contribution in [1.29, 1.82) is 0 Å². The Morgan fingerprint density at radius 1 is 1.12 bits per heavy atom. The van der Waals surface area contributed by atoms with E-state index in [4.69, 9.17) is 16.3 Å². The van der Waals surface area contributed by atoms with Crippen LogP contribution >= 0.6 is 11.6 Å². The monoisotopic (exact) mass is 615 g/mol. The number of anilines is 1. The van der Waals surface area contributed by atoms with E-state index in [0.29, 0.717) is 11.6 Å². The lowest BCUT2D eigenvalue weighted by molar-refractivity contribution is -0.141. The van der Waals surface area contributed by atoms with Gasteiger partial charge in [0, 0.05) is 22.6 Å². The summed E-state index contributed by atoms with van der Waals surface area (Å²) in [6.45, 7) is -0.310. The van der Waals surface area contributed by atoms with Gasteiger partial charge in [-0.2, -0.15) is 13.2 Å². The van der Waals surface area contributed by atoms with Gasteiger partial charge >= 0.3 is 12.1 Å². The second kappa shape index (κ2) is 12.1. The van der Waals surface area contributed by atoms with E-state index in [0.717, 1.165) is 22.5 Å². The number of sulfonamides is 1. The molecule has 0 aliphatic carbocycles. The molecule has 0 saturated carbocycles. The van der Waals surface area contributed by atoms with Gasteiger partial charge in [0.05, 0.1) is 29.8 Å². The molecule has 0 unspecified atom stereocenters. The van der Waals surface area contributed by atoms with Crippen molar-refractivity contribution in [2.75, 3.05) is 18.0 Å². The van der Waals surface area contributed by atoms with Crippen molar-refractivity contribution in [3.8, 4) is 5.75 Å². The molecule has 0 fully saturated rings. The van der Waals surface area contributed by atoms with Gasteiger partial charge in [0.25, 0.3) is 16.4 Å². The summed E-state index contributed by atoms with van der Waals surface area (Å²) in [7, 11) is -3.35. The van der Waals surface area contributed by atoms with Crippen LogP contribution in [0.1, 0.15) is 41.5 Å². The number of hydrogen-bond donors (Lipinski definition) is 0. The van der Waals surface area contributed by atoms with Gasteiger partial charge in [0.2, 0.25) is 0 Å². The number of methoxy groups -OCH3 is 1. The minimum absolute atomic E-state index is 0.0205. The third-order valence-electron chi connectivity index (χ3n) is 6.33. The van der Waals surface area contributed by atoms with Crippen LogP contribution in [0.5, 0.6) is 5.75 Å². The highest BCUT2D eigenvalue weighted by molar-refractivity contribution is 7.92. The second-order valence-corrected chi connectivity index (χ2v) is 11.3. The number of carbonyl (C=O) groups excluding carboxylic acids is 1. The minimum Gasteiger partial charge on any atom is -0.486 e. The first-order valence-electron chi connectivity index (χ1n) is 12.1. The maximum atomic E-state index is 13.7. The van der Waals surface area contributed by atoms with Crippen LogP contribution < -0.4 is 9.04 Å². The van der Waals surface area contributed by atoms with Gasteiger partial charge in [-0.25, -0.2) is 17.2 Å². The lowest BCUT2D eigenvalue weighted by Gasteiger charge is -2.35. The maximum Gasteiger partial charge on any atom is 0.416 e. The van der Waals surface area contributed by atoms with Gasteiger partial charge in [-0.1, -0.05) is 48.0 Å². The highest BCUT2D eigenvalue weighted by Gasteiger charge is 2.37. The molecule has 0 radical (unpaired) electrons. The van der Waals surface area contributed by atoms with E-state index >= 15 is 0 Å². The summed E-state index contributed by atoms with van der Waals surface area (Å²) in [6, 6.07) is 11.8. The quantitative estimate of drug-likeness (QED) is 0.150. The van der Waals surface area contributed by atoms with Crippen molar-refractivity contribution < 1.29 is 44.6 Å². The van der Waals surface area contributed by atoms with Crippen LogP contribution in [0, 0.1) is 0 Å². The molecule has 1 aliphatic rings. The molecule has 1 atom stereocenters. The predicted molar refractivity (Wildman–Crippen MR) is 143 cm³/mol. The zero-order valence-corrected chi connectivity index (χ0v) is 22.9. The number of hydrogen-bond acceptors (Lipinski definition) is 5. The first-order chi connectivity index (χ1) is 19.3. The van der Waals surface area contributed by atoms with Gasteiger partial charge in [-0.05, 0) is 48.4 Å². The summed E-state index contributed by atoms with van der Waals surface area (Å²) in [6.07, 6.45) is -5.58. The van der Waals surface area contributed by atoms with E-state index in [9.17, 15) is 35.2 Å². The number of rotatable bonds is 8. The summed E-state index contributed by atoms with van der Waals surface area (Å²) < 4.78 is 106. The molecule has 0 spiro atoms. The number of fused-ring (bicyclic) bond motifs is 1. The van der Waals surface area contributed by atoms with Crippen LogP contribution in [-0.2, 0) is 25.7 Å². The zero-order valence-electron chi connectivity index (χ0n) is 21.4. The van der Waals surface area contributed by atoms with Crippen LogP contribution in [-0.4, -0.2) is 34.1 Å². The Labute approximate surface area is 238 Å². The molecule has 1 heterocycles. The molecule has 3 aromatic rings. The van der Waals surface area contributed by atoms with Crippen molar-refractivity contribution in [3.05, 3.63) is 87.9 Å². The fraction of sp³-hybridized carbons (Fsp3) is 0.250. The summed E-state index contributed by atoms with van der Waals surface area (Å²) in [4.78, 5) is 11.1. The topological polar surface area (TPSA) is 72.9 Å². The van der Waals surface area contributed by atoms with E-state index in [1.54, 1.807) is 6.07 Å². The molecule has 0 bridgehead atoms. The highest BCUT2D eigenvalue weighted by atomic mass is 35.5. The van der Waals surface area contributed by atoms with E-state index in [1.807, 2.05) is 0 Å². The number of ether oxygens (including phenoxy) is 2. The average Bonchev–Trinajstić information content (AvgIpc) is 2.94. The smallest absolute Gasteiger partial charge is 0.416 e. The van der Waals surface area contributed by atoms with Gasteiger partial charge in [-0.15, -0.1) is 0 Å². The average molecular weight is 616 g/mol. The SMILES string of the molecule is COC(=O)CC[C@H]1CN(S(=O)(=O)c2cccc(C(F)(F)F)c2)c2cc(/C=C/c3c(Cl)cccc3C(F)F)ccc2O1. The summed E-state index contributed by atoms with van der Waals surface area (Å²) in [5, 5.41) is 0.0857. The van der Waals surface area contributed by atoms with Crippen molar-refractivity contribution >= 4 is 45.4 Å². The van der Waals surface area contributed by atoms with Crippen molar-refractivity contribution in [2.45, 2.75) is 36.4 Å². The first-order valence-corrected chi connectivity index (χ1v) is 13.9. The Morgan fingerprint density at radius 3 is 2.54 bits per heavy atom. The number of benzene rings is 3. The van der Waals surface area contributed by atoms with Crippen LogP contribution in [0.15, 0.2) is 65.6 Å². The number of halogens is 6. The summed E-state index contributed by atoms with van der Waals surface area (Å²) in [5.41, 5.74) is -0.955. The molecule has 0 N–H and O–H groups in total. The number of alkyl halides is 5. The molecule has 218 valence electrons. The van der Waals surface area contributed by atoms with Gasteiger partial charge < -0.3 is 9.47 Å². The maximum absolute atomic E-state index is 13.7. The molecular weight excluding hydrogens is 593 g/mol. The molecular formula is C28H23ClF5NO5S. The van der Waals surface area contributed by atoms with Gasteiger partial charge in [-0.3, -0.25) is 9.10 Å². The van der Waals surface area contributed by atoms with Crippen LogP contribution in [0.25, 0.3) is 12.2 Å². The normalized spacial score (nSPS) is 15.6. The first kappa shape index (κ1) is 30.3. The molecule has 0 amide bonds. The van der Waals surface area contributed by atoms with Crippen molar-refractivity contribution in [2.24, 2.45) is 0 Å². The van der Waals surface area contributed by atoms with E-state index < -0.39 is 45.2 Å².